The fourth-order valence-corrected chi connectivity index (χ4v) is 2.38. The van der Waals surface area contributed by atoms with E-state index in [1.54, 1.807) is 0 Å². The number of hydrogen-bond acceptors (Lipinski definition) is 2. The van der Waals surface area contributed by atoms with E-state index >= 15 is 0 Å². The highest BCUT2D eigenvalue weighted by Crippen LogP contribution is 2.41. The summed E-state index contributed by atoms with van der Waals surface area (Å²) in [5.74, 6) is -4.50. The van der Waals surface area contributed by atoms with Crippen molar-refractivity contribution in [3.63, 3.8) is 0 Å². The molecule has 6 heteroatoms. The molecule has 1 aliphatic rings. The molecule has 21 heavy (non-hydrogen) atoms. The summed E-state index contributed by atoms with van der Waals surface area (Å²) in [5, 5.41) is 10.0. The van der Waals surface area contributed by atoms with Crippen LogP contribution in [0.2, 0.25) is 0 Å². The topological polar surface area (TPSA) is 29.5 Å². The van der Waals surface area contributed by atoms with Crippen molar-refractivity contribution in [3.05, 3.63) is 64.7 Å². The molecule has 0 amide bonds. The van der Waals surface area contributed by atoms with E-state index in [2.05, 4.69) is 0 Å². The van der Waals surface area contributed by atoms with E-state index in [1.165, 1.54) is 6.07 Å². The fraction of sp³-hybridized carbons (Fsp3) is 0.200. The number of rotatable bonds is 1. The third-order valence-electron chi connectivity index (χ3n) is 3.42. The minimum Gasteiger partial charge on any atom is -0.485 e. The Labute approximate surface area is 117 Å². The summed E-state index contributed by atoms with van der Waals surface area (Å²) in [6, 6.07) is 5.27. The molecule has 0 aliphatic carbocycles. The first-order valence-electron chi connectivity index (χ1n) is 6.24. The summed E-state index contributed by atoms with van der Waals surface area (Å²) in [6.07, 6.45) is -1.89. The van der Waals surface area contributed by atoms with Gasteiger partial charge < -0.3 is 9.84 Å². The second kappa shape index (κ2) is 5.04. The number of aliphatic hydroxyl groups excluding tert-OH is 1. The predicted molar refractivity (Wildman–Crippen MR) is 65.7 cm³/mol. The molecule has 2 atom stereocenters. The third-order valence-corrected chi connectivity index (χ3v) is 3.42. The maximum absolute atomic E-state index is 13.3. The normalized spacial score (nSPS) is 20.8. The van der Waals surface area contributed by atoms with Crippen molar-refractivity contribution in [1.82, 2.24) is 0 Å². The van der Waals surface area contributed by atoms with E-state index in [0.717, 1.165) is 24.3 Å². The maximum atomic E-state index is 13.3. The van der Waals surface area contributed by atoms with Crippen LogP contribution in [0.15, 0.2) is 30.3 Å². The van der Waals surface area contributed by atoms with E-state index < -0.39 is 35.5 Å². The van der Waals surface area contributed by atoms with Crippen molar-refractivity contribution in [2.24, 2.45) is 0 Å². The Balaban J connectivity index is 1.98. The molecule has 1 N–H and O–H groups in total. The fourth-order valence-electron chi connectivity index (χ4n) is 2.38. The summed E-state index contributed by atoms with van der Waals surface area (Å²) < 4.78 is 58.1. The van der Waals surface area contributed by atoms with Gasteiger partial charge in [-0.1, -0.05) is 0 Å². The molecular weight excluding hydrogens is 288 g/mol. The molecule has 110 valence electrons. The molecule has 1 heterocycles. The highest BCUT2D eigenvalue weighted by atomic mass is 19.2. The Hall–Kier alpha value is -2.08. The monoisotopic (exact) mass is 298 g/mol. The summed E-state index contributed by atoms with van der Waals surface area (Å²) >= 11 is 0. The molecule has 0 saturated carbocycles. The highest BCUT2D eigenvalue weighted by Gasteiger charge is 2.29. The maximum Gasteiger partial charge on any atom is 0.194 e. The van der Waals surface area contributed by atoms with Gasteiger partial charge in [0, 0.05) is 12.0 Å². The van der Waals surface area contributed by atoms with E-state index in [4.69, 9.17) is 4.74 Å². The smallest absolute Gasteiger partial charge is 0.194 e. The van der Waals surface area contributed by atoms with Crippen LogP contribution in [0.1, 0.15) is 29.8 Å². The number of benzene rings is 2. The minimum absolute atomic E-state index is 0.0129. The van der Waals surface area contributed by atoms with Crippen LogP contribution in [-0.4, -0.2) is 5.11 Å². The first kappa shape index (κ1) is 13.9. The Morgan fingerprint density at radius 2 is 1.67 bits per heavy atom. The van der Waals surface area contributed by atoms with E-state index in [9.17, 15) is 22.7 Å². The Morgan fingerprint density at radius 3 is 2.33 bits per heavy atom. The lowest BCUT2D eigenvalue weighted by atomic mass is 9.95. The molecule has 0 fully saturated rings. The molecule has 1 unspecified atom stereocenters. The van der Waals surface area contributed by atoms with E-state index in [1.807, 2.05) is 0 Å². The largest absolute Gasteiger partial charge is 0.485 e. The lowest BCUT2D eigenvalue weighted by Crippen LogP contribution is -2.19. The summed E-state index contributed by atoms with van der Waals surface area (Å²) in [4.78, 5) is 0. The van der Waals surface area contributed by atoms with E-state index in [0.29, 0.717) is 0 Å². The van der Waals surface area contributed by atoms with Crippen LogP contribution in [0.3, 0.4) is 0 Å². The highest BCUT2D eigenvalue weighted by molar-refractivity contribution is 5.39. The average molecular weight is 298 g/mol. The lowest BCUT2D eigenvalue weighted by Gasteiger charge is -2.30. The van der Waals surface area contributed by atoms with Gasteiger partial charge in [0.2, 0.25) is 0 Å². The quantitative estimate of drug-likeness (QED) is 0.641. The molecule has 2 aromatic carbocycles. The SMILES string of the molecule is O[C@H]1CC(c2cc(F)c(F)c(F)c2)Oc2ccc(F)cc21. The molecule has 0 bridgehead atoms. The Morgan fingerprint density at radius 1 is 1.00 bits per heavy atom. The Kier molecular flexibility index (Phi) is 3.33. The number of halogens is 4. The van der Waals surface area contributed by atoms with Crippen molar-refractivity contribution in [2.45, 2.75) is 18.6 Å². The van der Waals surface area contributed by atoms with Gasteiger partial charge in [-0.15, -0.1) is 0 Å². The van der Waals surface area contributed by atoms with Crippen molar-refractivity contribution >= 4 is 0 Å². The van der Waals surface area contributed by atoms with Gasteiger partial charge in [0.05, 0.1) is 6.10 Å². The van der Waals surface area contributed by atoms with Crippen LogP contribution >= 0.6 is 0 Å². The lowest BCUT2D eigenvalue weighted by molar-refractivity contribution is 0.0649. The standard InChI is InChI=1S/C15H10F4O2/c16-8-1-2-13-9(5-8)12(20)6-14(21-13)7-3-10(17)15(19)11(18)4-7/h1-5,12,14,20H,6H2/t12-,14?/m0/s1. The number of hydrogen-bond donors (Lipinski definition) is 1. The molecule has 3 rings (SSSR count). The second-order valence-electron chi connectivity index (χ2n) is 4.84. The van der Waals surface area contributed by atoms with Gasteiger partial charge in [-0.25, -0.2) is 17.6 Å². The number of ether oxygens (including phenoxy) is 1. The first-order chi connectivity index (χ1) is 9.95. The third kappa shape index (κ3) is 2.47. The molecule has 2 nitrogen and oxygen atoms in total. The minimum atomic E-state index is -1.56. The first-order valence-corrected chi connectivity index (χ1v) is 6.24. The molecule has 2 aromatic rings. The van der Waals surface area contributed by atoms with Gasteiger partial charge in [0.15, 0.2) is 17.5 Å². The van der Waals surface area contributed by atoms with Crippen LogP contribution in [-0.2, 0) is 0 Å². The van der Waals surface area contributed by atoms with Crippen LogP contribution in [0.25, 0.3) is 0 Å². The van der Waals surface area contributed by atoms with Crippen molar-refractivity contribution in [3.8, 4) is 5.75 Å². The predicted octanol–water partition coefficient (Wildman–Crippen LogP) is 3.80. The molecule has 0 aromatic heterocycles. The van der Waals surface area contributed by atoms with Crippen LogP contribution in [0.5, 0.6) is 5.75 Å². The van der Waals surface area contributed by atoms with Gasteiger partial charge >= 0.3 is 0 Å². The van der Waals surface area contributed by atoms with Crippen LogP contribution in [0.4, 0.5) is 17.6 Å². The molecule has 0 saturated heterocycles. The van der Waals surface area contributed by atoms with E-state index in [-0.39, 0.29) is 23.3 Å². The van der Waals surface area contributed by atoms with Crippen molar-refractivity contribution in [1.29, 1.82) is 0 Å². The zero-order chi connectivity index (χ0) is 15.1. The van der Waals surface area contributed by atoms with Gasteiger partial charge in [-0.05, 0) is 35.9 Å². The van der Waals surface area contributed by atoms with Gasteiger partial charge in [-0.3, -0.25) is 0 Å². The van der Waals surface area contributed by atoms with Crippen LogP contribution < -0.4 is 4.74 Å². The summed E-state index contributed by atoms with van der Waals surface area (Å²) in [6.45, 7) is 0. The summed E-state index contributed by atoms with van der Waals surface area (Å²) in [7, 11) is 0. The zero-order valence-corrected chi connectivity index (χ0v) is 10.6. The van der Waals surface area contributed by atoms with Crippen molar-refractivity contribution < 1.29 is 27.4 Å². The Bertz CT molecular complexity index is 679. The van der Waals surface area contributed by atoms with Crippen molar-refractivity contribution in [2.75, 3.05) is 0 Å². The summed E-state index contributed by atoms with van der Waals surface area (Å²) in [5.41, 5.74) is 0.342. The van der Waals surface area contributed by atoms with Gasteiger partial charge in [0.1, 0.15) is 17.7 Å². The average Bonchev–Trinajstić information content (AvgIpc) is 2.44. The molecule has 0 radical (unpaired) electrons. The molecule has 0 spiro atoms. The number of fused-ring (bicyclic) bond motifs is 1. The molecular formula is C15H10F4O2. The van der Waals surface area contributed by atoms with Crippen LogP contribution in [0, 0.1) is 23.3 Å². The number of aliphatic hydroxyl groups is 1. The zero-order valence-electron chi connectivity index (χ0n) is 10.6. The molecule has 1 aliphatic heterocycles. The second-order valence-corrected chi connectivity index (χ2v) is 4.84. The van der Waals surface area contributed by atoms with Gasteiger partial charge in [-0.2, -0.15) is 0 Å². The van der Waals surface area contributed by atoms with Gasteiger partial charge in [0.25, 0.3) is 0 Å².